The van der Waals surface area contributed by atoms with E-state index in [9.17, 15) is 35.3 Å². The van der Waals surface area contributed by atoms with Gasteiger partial charge in [0.2, 0.25) is 29.9 Å². The van der Waals surface area contributed by atoms with Crippen LogP contribution in [-0.2, 0) is 34.6 Å². The summed E-state index contributed by atoms with van der Waals surface area (Å²) in [6.07, 6.45) is -0.472. The van der Waals surface area contributed by atoms with Gasteiger partial charge in [0.15, 0.2) is 0 Å². The average molecular weight is 1030 g/mol. The molecule has 2 aliphatic rings. The van der Waals surface area contributed by atoms with E-state index in [0.717, 1.165) is 12.1 Å². The number of sulfone groups is 1. The van der Waals surface area contributed by atoms with Crippen molar-refractivity contribution in [2.45, 2.75) is 55.7 Å². The number of hydrogen-bond acceptors (Lipinski definition) is 12. The number of nitriles is 2. The largest absolute Gasteiger partial charge is 0.444 e. The summed E-state index contributed by atoms with van der Waals surface area (Å²) >= 11 is 25.2. The number of hydrogen-bond donors (Lipinski definition) is 1. The highest BCUT2D eigenvalue weighted by Gasteiger charge is 2.35. The Balaban J connectivity index is 0.000000272. The Bertz CT molecular complexity index is 2710. The van der Waals surface area contributed by atoms with Crippen molar-refractivity contribution in [1.29, 1.82) is 10.5 Å². The molecule has 0 aromatic heterocycles. The van der Waals surface area contributed by atoms with Gasteiger partial charge in [-0.2, -0.15) is 19.1 Å². The lowest BCUT2D eigenvalue weighted by Gasteiger charge is -2.35. The van der Waals surface area contributed by atoms with Crippen LogP contribution < -0.4 is 5.32 Å². The van der Waals surface area contributed by atoms with Crippen LogP contribution in [0.25, 0.3) is 0 Å². The SMILES string of the molecule is CC(C)(C)OC(=O)N1CCN(S(=O)(=O)c2cc(C#N)ccc2Sc2cc(Cl)cc(Cl)c2)CC1.Cl.N#Cc1ccc(S(=O)(=O)c2cc(Cl)cc(Cl)c2)c(S(=O)(=O)N2CCNCC2)c1. The van der Waals surface area contributed by atoms with Gasteiger partial charge in [-0.25, -0.2) is 30.0 Å². The summed E-state index contributed by atoms with van der Waals surface area (Å²) < 4.78 is 87.6. The molecule has 0 bridgehead atoms. The minimum atomic E-state index is -4.26. The number of ether oxygens (including phenoxy) is 1. The van der Waals surface area contributed by atoms with Crippen molar-refractivity contribution in [2.75, 3.05) is 52.4 Å². The highest BCUT2D eigenvalue weighted by Crippen LogP contribution is 2.38. The average Bonchev–Trinajstić information content (AvgIpc) is 3.20. The Morgan fingerprint density at radius 1 is 0.661 bits per heavy atom. The molecule has 1 N–H and O–H groups in total. The summed E-state index contributed by atoms with van der Waals surface area (Å²) in [7, 11) is -12.3. The standard InChI is InChI=1S/C22H23Cl2N3O4S2.C17H15Cl2N3O4S2.ClH/c1-22(2,3)31-21(28)26-6-8-27(9-7-26)33(29,30)20-10-15(14-25)4-5-19(20)32-18-12-16(23)11-17(24)13-18;18-13-8-14(19)10-15(9-13)27(23,24)16-2-1-12(11-20)7-17(16)28(25,26)22-5-3-21-4-6-22;/h4-5,10-13H,6-9H2,1-3H3;1-2,7-10,21H,3-6H2;1H. The molecule has 2 heterocycles. The minimum absolute atomic E-state index is 0. The number of sulfonamides is 2. The van der Waals surface area contributed by atoms with Crippen molar-refractivity contribution in [3.05, 3.63) is 104 Å². The van der Waals surface area contributed by atoms with Gasteiger partial charge in [-0.05, 0) is 93.6 Å². The highest BCUT2D eigenvalue weighted by molar-refractivity contribution is 8.00. The molecule has 62 heavy (non-hydrogen) atoms. The molecule has 0 spiro atoms. The number of nitrogens with zero attached hydrogens (tertiary/aromatic N) is 5. The second-order valence-electron chi connectivity index (χ2n) is 14.4. The van der Waals surface area contributed by atoms with Crippen molar-refractivity contribution < 1.29 is 34.8 Å². The van der Waals surface area contributed by atoms with E-state index in [2.05, 4.69) is 5.32 Å². The number of carbonyl (C=O) groups is 1. The number of carbonyl (C=O) groups excluding carboxylic acids is 1. The maximum Gasteiger partial charge on any atom is 0.410 e. The molecule has 23 heteroatoms. The van der Waals surface area contributed by atoms with Crippen LogP contribution in [0, 0.1) is 22.7 Å². The first kappa shape index (κ1) is 51.3. The first-order valence-corrected chi connectivity index (χ1v) is 24.9. The molecule has 0 saturated carbocycles. The number of nitrogens with one attached hydrogen (secondary N) is 1. The summed E-state index contributed by atoms with van der Waals surface area (Å²) in [5, 5.41) is 22.6. The summed E-state index contributed by atoms with van der Waals surface area (Å²) in [6, 6.07) is 20.6. The summed E-state index contributed by atoms with van der Waals surface area (Å²) in [5.41, 5.74) is -0.362. The Hall–Kier alpha value is -3.34. The van der Waals surface area contributed by atoms with Crippen LogP contribution in [0.1, 0.15) is 31.9 Å². The van der Waals surface area contributed by atoms with Crippen molar-refractivity contribution in [2.24, 2.45) is 0 Å². The molecule has 2 saturated heterocycles. The lowest BCUT2D eigenvalue weighted by Crippen LogP contribution is -2.51. The van der Waals surface area contributed by atoms with E-state index in [1.165, 1.54) is 55.6 Å². The molecule has 1 amide bonds. The molecular weight excluding hydrogens is 986 g/mol. The summed E-state index contributed by atoms with van der Waals surface area (Å²) in [6.45, 7) is 7.27. The second kappa shape index (κ2) is 21.1. The maximum atomic E-state index is 13.5. The van der Waals surface area contributed by atoms with Gasteiger partial charge in [0.05, 0.1) is 38.0 Å². The van der Waals surface area contributed by atoms with E-state index in [1.54, 1.807) is 51.1 Å². The van der Waals surface area contributed by atoms with E-state index in [0.29, 0.717) is 32.9 Å². The van der Waals surface area contributed by atoms with Crippen molar-refractivity contribution in [3.8, 4) is 12.1 Å². The third-order valence-corrected chi connectivity index (χ3v) is 16.7. The topological polar surface area (TPSA) is 198 Å². The second-order valence-corrected chi connectivity index (χ2v) is 23.0. The van der Waals surface area contributed by atoms with Crippen LogP contribution in [0.4, 0.5) is 4.79 Å². The number of halogens is 5. The van der Waals surface area contributed by atoms with Gasteiger partial charge in [-0.15, -0.1) is 12.4 Å². The van der Waals surface area contributed by atoms with Gasteiger partial charge in [0.1, 0.15) is 10.5 Å². The zero-order chi connectivity index (χ0) is 44.9. The fourth-order valence-corrected chi connectivity index (χ4v) is 13.8. The Labute approximate surface area is 392 Å². The molecule has 4 aromatic carbocycles. The molecule has 2 aliphatic heterocycles. The van der Waals surface area contributed by atoms with Crippen molar-refractivity contribution in [1.82, 2.24) is 18.8 Å². The normalized spacial score (nSPS) is 15.3. The van der Waals surface area contributed by atoms with Crippen LogP contribution >= 0.6 is 70.6 Å². The van der Waals surface area contributed by atoms with E-state index < -0.39 is 51.4 Å². The van der Waals surface area contributed by atoms with Crippen LogP contribution in [0.5, 0.6) is 0 Å². The maximum absolute atomic E-state index is 13.5. The van der Waals surface area contributed by atoms with Crippen molar-refractivity contribution in [3.63, 3.8) is 0 Å². The van der Waals surface area contributed by atoms with E-state index in [-0.39, 0.29) is 82.6 Å². The molecule has 2 fully saturated rings. The molecule has 0 aliphatic carbocycles. The van der Waals surface area contributed by atoms with Gasteiger partial charge < -0.3 is 15.0 Å². The van der Waals surface area contributed by atoms with Gasteiger partial charge >= 0.3 is 6.09 Å². The van der Waals surface area contributed by atoms with E-state index >= 15 is 0 Å². The van der Waals surface area contributed by atoms with Crippen LogP contribution in [0.2, 0.25) is 20.1 Å². The van der Waals surface area contributed by atoms with Crippen LogP contribution in [0.15, 0.2) is 102 Å². The monoisotopic (exact) mass is 1020 g/mol. The summed E-state index contributed by atoms with van der Waals surface area (Å²) in [4.78, 5) is 13.8. The molecule has 14 nitrogen and oxygen atoms in total. The number of benzene rings is 4. The van der Waals surface area contributed by atoms with Gasteiger partial charge in [0, 0.05) is 82.2 Å². The van der Waals surface area contributed by atoms with Gasteiger partial charge in [0.25, 0.3) is 0 Å². The molecule has 332 valence electrons. The Kier molecular flexibility index (Phi) is 17.5. The zero-order valence-corrected chi connectivity index (χ0v) is 40.2. The highest BCUT2D eigenvalue weighted by atomic mass is 35.5. The summed E-state index contributed by atoms with van der Waals surface area (Å²) in [5.74, 6) is 0. The fourth-order valence-electron chi connectivity index (χ4n) is 5.99. The number of rotatable bonds is 8. The molecule has 0 radical (unpaired) electrons. The van der Waals surface area contributed by atoms with Gasteiger partial charge in [-0.3, -0.25) is 0 Å². The molecule has 6 rings (SSSR count). The quantitative estimate of drug-likeness (QED) is 0.179. The first-order chi connectivity index (χ1) is 28.5. The fraction of sp³-hybridized carbons (Fsp3) is 0.308. The number of piperazine rings is 2. The molecule has 4 aromatic rings. The Morgan fingerprint density at radius 3 is 1.65 bits per heavy atom. The van der Waals surface area contributed by atoms with Crippen LogP contribution in [0.3, 0.4) is 0 Å². The first-order valence-electron chi connectivity index (χ1n) is 18.2. The van der Waals surface area contributed by atoms with E-state index in [1.807, 2.05) is 12.1 Å². The lowest BCUT2D eigenvalue weighted by molar-refractivity contribution is 0.0192. The minimum Gasteiger partial charge on any atom is -0.444 e. The zero-order valence-electron chi connectivity index (χ0n) is 33.1. The molecule has 0 unspecified atom stereocenters. The Morgan fingerprint density at radius 2 is 1.13 bits per heavy atom. The predicted molar refractivity (Wildman–Crippen MR) is 240 cm³/mol. The molecular formula is C39H39Cl5N6O8S4. The molecule has 0 atom stereocenters. The number of amides is 1. The third-order valence-electron chi connectivity index (χ3n) is 8.85. The third kappa shape index (κ3) is 12.7. The van der Waals surface area contributed by atoms with E-state index in [4.69, 9.17) is 56.4 Å². The van der Waals surface area contributed by atoms with Gasteiger partial charge in [-0.1, -0.05) is 58.2 Å². The predicted octanol–water partition coefficient (Wildman–Crippen LogP) is 7.97. The lowest BCUT2D eigenvalue weighted by atomic mass is 10.2. The van der Waals surface area contributed by atoms with Crippen LogP contribution in [-0.4, -0.2) is 103 Å². The smallest absolute Gasteiger partial charge is 0.410 e. The van der Waals surface area contributed by atoms with Crippen molar-refractivity contribution >= 4 is 107 Å².